The zero-order chi connectivity index (χ0) is 15.9. The van der Waals surface area contributed by atoms with Crippen molar-refractivity contribution in [1.29, 1.82) is 0 Å². The molecule has 1 saturated heterocycles. The van der Waals surface area contributed by atoms with Crippen molar-refractivity contribution in [2.24, 2.45) is 5.92 Å². The molecule has 3 aliphatic rings. The van der Waals surface area contributed by atoms with Crippen LogP contribution in [0.1, 0.15) is 62.5 Å². The number of rotatable bonds is 3. The lowest BCUT2D eigenvalue weighted by Gasteiger charge is -2.38. The first-order valence-corrected chi connectivity index (χ1v) is 9.15. The maximum absolute atomic E-state index is 14.1. The molecule has 0 aromatic carbocycles. The second kappa shape index (κ2) is 6.11. The minimum Gasteiger partial charge on any atom is -0.315 e. The van der Waals surface area contributed by atoms with Gasteiger partial charge in [0.2, 0.25) is 0 Å². The van der Waals surface area contributed by atoms with Gasteiger partial charge in [0.1, 0.15) is 11.6 Å². The number of aryl methyl sites for hydroxylation is 1. The van der Waals surface area contributed by atoms with Crippen LogP contribution in [-0.2, 0) is 13.0 Å². The van der Waals surface area contributed by atoms with E-state index in [4.69, 9.17) is 0 Å². The van der Waals surface area contributed by atoms with Crippen LogP contribution in [-0.4, -0.2) is 45.2 Å². The van der Waals surface area contributed by atoms with Crippen LogP contribution < -0.4 is 0 Å². The van der Waals surface area contributed by atoms with E-state index < -0.39 is 11.8 Å². The molecule has 1 aromatic rings. The Morgan fingerprint density at radius 1 is 1.04 bits per heavy atom. The van der Waals surface area contributed by atoms with Gasteiger partial charge < -0.3 is 9.47 Å². The molecular formula is C17H26F2N4. The number of hydrogen-bond acceptors (Lipinski definition) is 3. The number of likely N-dealkylation sites (tertiary alicyclic amines) is 1. The van der Waals surface area contributed by atoms with Gasteiger partial charge >= 0.3 is 0 Å². The van der Waals surface area contributed by atoms with Crippen molar-refractivity contribution in [3.63, 3.8) is 0 Å². The molecule has 0 amide bonds. The predicted octanol–water partition coefficient (Wildman–Crippen LogP) is 3.23. The van der Waals surface area contributed by atoms with Crippen molar-refractivity contribution in [3.8, 4) is 0 Å². The molecular weight excluding hydrogens is 298 g/mol. The molecule has 2 unspecified atom stereocenters. The maximum Gasteiger partial charge on any atom is 0.252 e. The quantitative estimate of drug-likeness (QED) is 0.856. The summed E-state index contributed by atoms with van der Waals surface area (Å²) in [5.41, 5.74) is 0. The van der Waals surface area contributed by atoms with Crippen LogP contribution in [0, 0.1) is 5.92 Å². The molecule has 23 heavy (non-hydrogen) atoms. The normalized spacial score (nSPS) is 31.2. The maximum atomic E-state index is 14.1. The minimum absolute atomic E-state index is 0.0760. The second-order valence-electron chi connectivity index (χ2n) is 7.53. The standard InChI is InChI=1S/C17H26F2N4/c18-17(19)8-2-1-6-14(17)12-22-9-3-5-13(11-22)16-21-20-15-7-4-10-23(15)16/h13-14H,1-12H2. The molecule has 0 bridgehead atoms. The fourth-order valence-electron chi connectivity index (χ4n) is 4.61. The van der Waals surface area contributed by atoms with Crippen molar-refractivity contribution >= 4 is 0 Å². The molecule has 0 spiro atoms. The van der Waals surface area contributed by atoms with Crippen molar-refractivity contribution in [3.05, 3.63) is 11.6 Å². The van der Waals surface area contributed by atoms with Crippen LogP contribution in [0.4, 0.5) is 8.78 Å². The smallest absolute Gasteiger partial charge is 0.252 e. The molecule has 128 valence electrons. The van der Waals surface area contributed by atoms with Crippen LogP contribution >= 0.6 is 0 Å². The van der Waals surface area contributed by atoms with Crippen LogP contribution in [0.15, 0.2) is 0 Å². The van der Waals surface area contributed by atoms with Crippen LogP contribution in [0.5, 0.6) is 0 Å². The van der Waals surface area contributed by atoms with Gasteiger partial charge in [-0.2, -0.15) is 0 Å². The summed E-state index contributed by atoms with van der Waals surface area (Å²) < 4.78 is 30.5. The van der Waals surface area contributed by atoms with E-state index in [0.29, 0.717) is 25.3 Å². The Kier molecular flexibility index (Phi) is 4.12. The van der Waals surface area contributed by atoms with E-state index in [9.17, 15) is 8.78 Å². The Morgan fingerprint density at radius 3 is 2.83 bits per heavy atom. The molecule has 3 heterocycles. The lowest BCUT2D eigenvalue weighted by atomic mass is 9.84. The van der Waals surface area contributed by atoms with Gasteiger partial charge in [0.15, 0.2) is 0 Å². The Balaban J connectivity index is 1.43. The summed E-state index contributed by atoms with van der Waals surface area (Å²) in [6.45, 7) is 3.38. The zero-order valence-corrected chi connectivity index (χ0v) is 13.7. The fraction of sp³-hybridized carbons (Fsp3) is 0.882. The highest BCUT2D eigenvalue weighted by molar-refractivity contribution is 5.07. The molecule has 1 saturated carbocycles. The van der Waals surface area contributed by atoms with Crippen LogP contribution in [0.3, 0.4) is 0 Å². The topological polar surface area (TPSA) is 34.0 Å². The molecule has 0 N–H and O–H groups in total. The third-order valence-corrected chi connectivity index (χ3v) is 5.90. The van der Waals surface area contributed by atoms with Gasteiger partial charge in [-0.3, -0.25) is 0 Å². The summed E-state index contributed by atoms with van der Waals surface area (Å²) in [5.74, 6) is -0.366. The number of fused-ring (bicyclic) bond motifs is 1. The van der Waals surface area contributed by atoms with Gasteiger partial charge in [0.05, 0.1) is 0 Å². The Hall–Kier alpha value is -1.04. The summed E-state index contributed by atoms with van der Waals surface area (Å²) in [4.78, 5) is 2.26. The molecule has 1 aromatic heterocycles. The number of nitrogens with zero attached hydrogens (tertiary/aromatic N) is 4. The van der Waals surface area contributed by atoms with Crippen molar-refractivity contribution in [2.75, 3.05) is 19.6 Å². The van der Waals surface area contributed by atoms with E-state index in [1.54, 1.807) is 0 Å². The number of alkyl halides is 2. The van der Waals surface area contributed by atoms with E-state index in [1.807, 2.05) is 0 Å². The molecule has 4 nitrogen and oxygen atoms in total. The lowest BCUT2D eigenvalue weighted by molar-refractivity contribution is -0.0961. The SMILES string of the molecule is FC1(F)CCCCC1CN1CCCC(c2nnc3n2CCC3)C1. The van der Waals surface area contributed by atoms with E-state index in [0.717, 1.165) is 63.4 Å². The fourth-order valence-corrected chi connectivity index (χ4v) is 4.61. The number of halogens is 2. The lowest BCUT2D eigenvalue weighted by Crippen LogP contribution is -2.44. The number of hydrogen-bond donors (Lipinski definition) is 0. The van der Waals surface area contributed by atoms with Crippen LogP contribution in [0.25, 0.3) is 0 Å². The minimum atomic E-state index is -2.47. The third-order valence-electron chi connectivity index (χ3n) is 5.90. The Labute approximate surface area is 136 Å². The summed E-state index contributed by atoms with van der Waals surface area (Å²) in [5, 5.41) is 8.72. The highest BCUT2D eigenvalue weighted by atomic mass is 19.3. The molecule has 6 heteroatoms. The summed E-state index contributed by atoms with van der Waals surface area (Å²) in [7, 11) is 0. The van der Waals surface area contributed by atoms with E-state index in [2.05, 4.69) is 19.7 Å². The van der Waals surface area contributed by atoms with Gasteiger partial charge in [-0.05, 0) is 38.6 Å². The van der Waals surface area contributed by atoms with Gasteiger partial charge in [0, 0.05) is 44.3 Å². The van der Waals surface area contributed by atoms with Crippen molar-refractivity contribution < 1.29 is 8.78 Å². The predicted molar refractivity (Wildman–Crippen MR) is 83.7 cm³/mol. The van der Waals surface area contributed by atoms with Crippen LogP contribution in [0.2, 0.25) is 0 Å². The number of piperidine rings is 1. The third kappa shape index (κ3) is 3.02. The summed E-state index contributed by atoms with van der Waals surface area (Å²) in [6.07, 6.45) is 6.75. The average Bonchev–Trinajstić information content (AvgIpc) is 3.12. The second-order valence-corrected chi connectivity index (χ2v) is 7.53. The molecule has 2 aliphatic heterocycles. The average molecular weight is 324 g/mol. The van der Waals surface area contributed by atoms with E-state index in [1.165, 1.54) is 0 Å². The van der Waals surface area contributed by atoms with E-state index >= 15 is 0 Å². The summed E-state index contributed by atoms with van der Waals surface area (Å²) >= 11 is 0. The monoisotopic (exact) mass is 324 g/mol. The molecule has 0 radical (unpaired) electrons. The van der Waals surface area contributed by atoms with Gasteiger partial charge in [-0.15, -0.1) is 10.2 Å². The van der Waals surface area contributed by atoms with Gasteiger partial charge in [-0.25, -0.2) is 8.78 Å². The Morgan fingerprint density at radius 2 is 1.96 bits per heavy atom. The molecule has 2 atom stereocenters. The molecule has 2 fully saturated rings. The summed E-state index contributed by atoms with van der Waals surface area (Å²) in [6, 6.07) is 0. The molecule has 1 aliphatic carbocycles. The zero-order valence-electron chi connectivity index (χ0n) is 13.7. The highest BCUT2D eigenvalue weighted by Crippen LogP contribution is 2.39. The van der Waals surface area contributed by atoms with Gasteiger partial charge in [-0.1, -0.05) is 6.42 Å². The van der Waals surface area contributed by atoms with Crippen molar-refractivity contribution in [1.82, 2.24) is 19.7 Å². The van der Waals surface area contributed by atoms with Gasteiger partial charge in [0.25, 0.3) is 5.92 Å². The largest absolute Gasteiger partial charge is 0.315 e. The highest BCUT2D eigenvalue weighted by Gasteiger charge is 2.42. The van der Waals surface area contributed by atoms with E-state index in [-0.39, 0.29) is 6.42 Å². The number of aromatic nitrogens is 3. The first-order valence-electron chi connectivity index (χ1n) is 9.15. The molecule has 4 rings (SSSR count). The Bertz CT molecular complexity index is 557. The first kappa shape index (κ1) is 15.5. The first-order chi connectivity index (χ1) is 11.1. The van der Waals surface area contributed by atoms with Crippen molar-refractivity contribution in [2.45, 2.75) is 69.8 Å².